The maximum Gasteiger partial charge on any atom is 0.344 e. The Morgan fingerprint density at radius 2 is 2.13 bits per heavy atom. The topological polar surface area (TPSA) is 122 Å². The molecular weight excluding hydrogens is 408 g/mol. The van der Waals surface area contributed by atoms with E-state index in [1.54, 1.807) is 29.0 Å². The molecule has 1 saturated heterocycles. The van der Waals surface area contributed by atoms with Crippen LogP contribution in [0.3, 0.4) is 0 Å². The third-order valence-corrected chi connectivity index (χ3v) is 6.17. The molecule has 158 valence electrons. The van der Waals surface area contributed by atoms with Crippen LogP contribution in [0.4, 0.5) is 4.79 Å². The molecule has 0 bridgehead atoms. The van der Waals surface area contributed by atoms with Gasteiger partial charge in [0, 0.05) is 6.54 Å². The van der Waals surface area contributed by atoms with Crippen LogP contribution in [0.2, 0.25) is 0 Å². The van der Waals surface area contributed by atoms with Gasteiger partial charge in [-0.1, -0.05) is 37.1 Å². The Bertz CT molecular complexity index is 964. The summed E-state index contributed by atoms with van der Waals surface area (Å²) in [6.07, 6.45) is 7.22. The number of thioether (sulfide) groups is 1. The molecule has 3 heterocycles. The number of imide groups is 1. The van der Waals surface area contributed by atoms with E-state index in [4.69, 9.17) is 4.42 Å². The van der Waals surface area contributed by atoms with Crippen LogP contribution in [0.1, 0.15) is 32.1 Å². The number of carbonyl (C=O) groups is 3. The number of rotatable bonds is 7. The largest absolute Gasteiger partial charge is 0.461 e. The van der Waals surface area contributed by atoms with Crippen LogP contribution >= 0.6 is 11.8 Å². The molecule has 2 aromatic heterocycles. The highest BCUT2D eigenvalue weighted by Gasteiger charge is 2.52. The summed E-state index contributed by atoms with van der Waals surface area (Å²) in [6, 6.07) is 2.93. The molecule has 11 heteroatoms. The minimum atomic E-state index is -0.877. The molecule has 1 aliphatic carbocycles. The van der Waals surface area contributed by atoms with E-state index in [-0.39, 0.29) is 11.7 Å². The number of hydrazine groups is 1. The van der Waals surface area contributed by atoms with Crippen molar-refractivity contribution in [1.29, 1.82) is 0 Å². The molecule has 4 rings (SSSR count). The maximum absolute atomic E-state index is 12.7. The van der Waals surface area contributed by atoms with Crippen molar-refractivity contribution in [1.82, 2.24) is 30.5 Å². The summed E-state index contributed by atoms with van der Waals surface area (Å²) in [7, 11) is 0. The van der Waals surface area contributed by atoms with E-state index in [1.165, 1.54) is 0 Å². The van der Waals surface area contributed by atoms with Crippen LogP contribution in [-0.2, 0) is 16.1 Å². The van der Waals surface area contributed by atoms with E-state index >= 15 is 0 Å². The van der Waals surface area contributed by atoms with Crippen LogP contribution in [0, 0.1) is 0 Å². The molecule has 0 radical (unpaired) electrons. The lowest BCUT2D eigenvalue weighted by atomic mass is 9.82. The molecule has 2 aliphatic rings. The summed E-state index contributed by atoms with van der Waals surface area (Å²) in [5, 5.41) is 12.3. The smallest absolute Gasteiger partial charge is 0.344 e. The highest BCUT2D eigenvalue weighted by molar-refractivity contribution is 7.99. The van der Waals surface area contributed by atoms with Gasteiger partial charge in [-0.2, -0.15) is 5.01 Å². The number of nitrogens with one attached hydrogen (secondary N) is 2. The monoisotopic (exact) mass is 430 g/mol. The third-order valence-electron chi connectivity index (χ3n) is 5.21. The minimum Gasteiger partial charge on any atom is -0.461 e. The van der Waals surface area contributed by atoms with Gasteiger partial charge in [-0.3, -0.25) is 19.6 Å². The predicted octanol–water partition coefficient (Wildman–Crippen LogP) is 2.10. The number of hydrogen-bond donors (Lipinski definition) is 2. The first-order valence-corrected chi connectivity index (χ1v) is 10.7. The first kappa shape index (κ1) is 20.2. The van der Waals surface area contributed by atoms with E-state index in [0.717, 1.165) is 36.0 Å². The van der Waals surface area contributed by atoms with Gasteiger partial charge in [0.2, 0.25) is 11.7 Å². The number of urea groups is 1. The van der Waals surface area contributed by atoms with Gasteiger partial charge >= 0.3 is 6.03 Å². The zero-order chi connectivity index (χ0) is 21.1. The van der Waals surface area contributed by atoms with Gasteiger partial charge in [-0.25, -0.2) is 4.79 Å². The molecule has 1 aliphatic heterocycles. The SMILES string of the molecule is C=CCn1c(SCC(=O)NN2C(=O)NC3(CCCCC3)C2=O)nnc1-c1ccco1. The van der Waals surface area contributed by atoms with Crippen LogP contribution in [0.15, 0.2) is 40.6 Å². The second-order valence-electron chi connectivity index (χ2n) is 7.22. The average molecular weight is 430 g/mol. The molecular formula is C19H22N6O4S. The number of allylic oxidation sites excluding steroid dienone is 1. The zero-order valence-electron chi connectivity index (χ0n) is 16.3. The van der Waals surface area contributed by atoms with Crippen LogP contribution in [0.25, 0.3) is 11.6 Å². The molecule has 1 saturated carbocycles. The maximum atomic E-state index is 12.7. The zero-order valence-corrected chi connectivity index (χ0v) is 17.1. The van der Waals surface area contributed by atoms with Gasteiger partial charge in [-0.15, -0.1) is 16.8 Å². The van der Waals surface area contributed by atoms with Crippen LogP contribution in [0.5, 0.6) is 0 Å². The summed E-state index contributed by atoms with van der Waals surface area (Å²) in [4.78, 5) is 37.5. The lowest BCUT2D eigenvalue weighted by Crippen LogP contribution is -2.51. The number of amides is 4. The van der Waals surface area contributed by atoms with Crippen molar-refractivity contribution in [3.8, 4) is 11.6 Å². The summed E-state index contributed by atoms with van der Waals surface area (Å²) >= 11 is 1.14. The lowest BCUT2D eigenvalue weighted by Gasteiger charge is -2.30. The van der Waals surface area contributed by atoms with E-state index in [2.05, 4.69) is 27.5 Å². The van der Waals surface area contributed by atoms with Gasteiger partial charge < -0.3 is 9.73 Å². The fraction of sp³-hybridized carbons (Fsp3) is 0.421. The molecule has 2 aromatic rings. The molecule has 0 atom stereocenters. The first-order valence-electron chi connectivity index (χ1n) is 9.71. The Kier molecular flexibility index (Phi) is 5.62. The Balaban J connectivity index is 1.40. The van der Waals surface area contributed by atoms with Crippen LogP contribution < -0.4 is 10.7 Å². The highest BCUT2D eigenvalue weighted by Crippen LogP contribution is 2.33. The number of nitrogens with zero attached hydrogens (tertiary/aromatic N) is 4. The second kappa shape index (κ2) is 8.34. The predicted molar refractivity (Wildman–Crippen MR) is 108 cm³/mol. The third kappa shape index (κ3) is 3.72. The summed E-state index contributed by atoms with van der Waals surface area (Å²) in [5.41, 5.74) is 1.54. The van der Waals surface area contributed by atoms with Crippen LogP contribution in [-0.4, -0.2) is 48.9 Å². The molecule has 10 nitrogen and oxygen atoms in total. The highest BCUT2D eigenvalue weighted by atomic mass is 32.2. The van der Waals surface area contributed by atoms with E-state index in [0.29, 0.717) is 36.1 Å². The molecule has 2 N–H and O–H groups in total. The molecule has 30 heavy (non-hydrogen) atoms. The standard InChI is InChI=1S/C19H22N6O4S/c1-2-10-24-15(13-7-6-11-29-13)21-22-18(24)30-12-14(26)23-25-16(27)19(20-17(25)28)8-4-3-5-9-19/h2,6-7,11H,1,3-5,8-10,12H2,(H,20,28)(H,23,26). The van der Waals surface area contributed by atoms with Crippen molar-refractivity contribution in [3.63, 3.8) is 0 Å². The Labute approximate surface area is 177 Å². The average Bonchev–Trinajstić information content (AvgIpc) is 3.44. The molecule has 0 unspecified atom stereocenters. The summed E-state index contributed by atoms with van der Waals surface area (Å²) in [5.74, 6) is 0.163. The molecule has 0 aromatic carbocycles. The number of furan rings is 1. The van der Waals surface area contributed by atoms with Crippen molar-refractivity contribution < 1.29 is 18.8 Å². The minimum absolute atomic E-state index is 0.0442. The number of hydrogen-bond acceptors (Lipinski definition) is 7. The first-order chi connectivity index (χ1) is 14.5. The Hall–Kier alpha value is -3.08. The van der Waals surface area contributed by atoms with E-state index < -0.39 is 17.5 Å². The molecule has 4 amide bonds. The molecule has 1 spiro atoms. The lowest BCUT2D eigenvalue weighted by molar-refractivity contribution is -0.139. The summed E-state index contributed by atoms with van der Waals surface area (Å²) < 4.78 is 7.15. The van der Waals surface area contributed by atoms with Crippen molar-refractivity contribution in [2.75, 3.05) is 5.75 Å². The van der Waals surface area contributed by atoms with Crippen molar-refractivity contribution in [2.45, 2.75) is 49.3 Å². The van der Waals surface area contributed by atoms with Crippen molar-refractivity contribution in [3.05, 3.63) is 31.1 Å². The fourth-order valence-corrected chi connectivity index (χ4v) is 4.52. The van der Waals surface area contributed by atoms with Gasteiger partial charge in [0.1, 0.15) is 5.54 Å². The quantitative estimate of drug-likeness (QED) is 0.392. The van der Waals surface area contributed by atoms with Gasteiger partial charge in [-0.05, 0) is 25.0 Å². The van der Waals surface area contributed by atoms with E-state index in [9.17, 15) is 14.4 Å². The number of carbonyl (C=O) groups excluding carboxylic acids is 3. The Morgan fingerprint density at radius 3 is 2.83 bits per heavy atom. The fourth-order valence-electron chi connectivity index (χ4n) is 3.78. The van der Waals surface area contributed by atoms with Gasteiger partial charge in [0.15, 0.2) is 10.9 Å². The van der Waals surface area contributed by atoms with Crippen molar-refractivity contribution in [2.24, 2.45) is 0 Å². The summed E-state index contributed by atoms with van der Waals surface area (Å²) in [6.45, 7) is 4.17. The van der Waals surface area contributed by atoms with E-state index in [1.807, 2.05) is 0 Å². The number of aromatic nitrogens is 3. The second-order valence-corrected chi connectivity index (χ2v) is 8.16. The van der Waals surface area contributed by atoms with Gasteiger partial charge in [0.05, 0.1) is 12.0 Å². The van der Waals surface area contributed by atoms with Gasteiger partial charge in [0.25, 0.3) is 5.91 Å². The normalized spacial score (nSPS) is 17.9. The van der Waals surface area contributed by atoms with Crippen molar-refractivity contribution >= 4 is 29.6 Å². The Morgan fingerprint density at radius 1 is 1.33 bits per heavy atom. The molecule has 2 fully saturated rings.